The van der Waals surface area contributed by atoms with E-state index in [0.717, 1.165) is 30.6 Å². The van der Waals surface area contributed by atoms with Gasteiger partial charge in [-0.1, -0.05) is 21.1 Å². The predicted octanol–water partition coefficient (Wildman–Crippen LogP) is 1.23. The topological polar surface area (TPSA) is 49.2 Å². The second-order valence-corrected chi connectivity index (χ2v) is 3.63. The number of rotatable bonds is 8. The van der Waals surface area contributed by atoms with E-state index in [1.165, 1.54) is 0 Å². The molecule has 0 saturated heterocycles. The summed E-state index contributed by atoms with van der Waals surface area (Å²) in [6, 6.07) is 0. The average molecular weight is 278 g/mol. The molecule has 0 aliphatic heterocycles. The highest BCUT2D eigenvalue weighted by atomic mass is 79.9. The maximum absolute atomic E-state index is 5.33. The lowest BCUT2D eigenvalue weighted by atomic mass is 10.4. The van der Waals surface area contributed by atoms with Crippen molar-refractivity contribution in [1.82, 2.24) is 15.0 Å². The lowest BCUT2D eigenvalue weighted by Gasteiger charge is -2.02. The zero-order chi connectivity index (χ0) is 10.9. The Hall–Kier alpha value is -0.460. The van der Waals surface area contributed by atoms with Crippen molar-refractivity contribution >= 4 is 15.9 Å². The molecule has 1 rings (SSSR count). The Morgan fingerprint density at radius 1 is 1.40 bits per heavy atom. The summed E-state index contributed by atoms with van der Waals surface area (Å²) in [6.45, 7) is 2.87. The maximum atomic E-state index is 5.33. The number of halogens is 1. The van der Waals surface area contributed by atoms with Crippen LogP contribution in [-0.2, 0) is 21.3 Å². The first-order chi connectivity index (χ1) is 7.36. The summed E-state index contributed by atoms with van der Waals surface area (Å²) >= 11 is 3.33. The molecule has 0 aromatic carbocycles. The second kappa shape index (κ2) is 7.78. The van der Waals surface area contributed by atoms with Crippen LogP contribution in [0.2, 0.25) is 0 Å². The molecule has 5 nitrogen and oxygen atoms in total. The molecule has 0 fully saturated rings. The van der Waals surface area contributed by atoms with Gasteiger partial charge in [-0.2, -0.15) is 0 Å². The van der Waals surface area contributed by atoms with Crippen LogP contribution in [0.25, 0.3) is 0 Å². The third kappa shape index (κ3) is 5.25. The summed E-state index contributed by atoms with van der Waals surface area (Å²) < 4.78 is 12.0. The Morgan fingerprint density at radius 2 is 2.27 bits per heavy atom. The number of aromatic nitrogens is 3. The highest BCUT2D eigenvalue weighted by molar-refractivity contribution is 9.08. The van der Waals surface area contributed by atoms with Crippen LogP contribution in [0.5, 0.6) is 0 Å². The predicted molar refractivity (Wildman–Crippen MR) is 60.0 cm³/mol. The van der Waals surface area contributed by atoms with E-state index in [-0.39, 0.29) is 0 Å². The third-order valence-corrected chi connectivity index (χ3v) is 2.41. The number of hydrogen-bond donors (Lipinski definition) is 0. The van der Waals surface area contributed by atoms with Gasteiger partial charge in [0.15, 0.2) is 0 Å². The first-order valence-electron chi connectivity index (χ1n) is 4.88. The van der Waals surface area contributed by atoms with Crippen molar-refractivity contribution in [3.05, 3.63) is 11.9 Å². The molecule has 1 aromatic heterocycles. The minimum atomic E-state index is 0.650. The minimum Gasteiger partial charge on any atom is -0.382 e. The van der Waals surface area contributed by atoms with Crippen molar-refractivity contribution in [2.45, 2.75) is 18.3 Å². The van der Waals surface area contributed by atoms with Gasteiger partial charge in [-0.3, -0.25) is 4.68 Å². The van der Waals surface area contributed by atoms with Crippen LogP contribution in [0.4, 0.5) is 0 Å². The van der Waals surface area contributed by atoms with E-state index in [2.05, 4.69) is 26.2 Å². The molecular formula is C9H16BrN3O2. The van der Waals surface area contributed by atoms with E-state index in [9.17, 15) is 0 Å². The van der Waals surface area contributed by atoms with Crippen molar-refractivity contribution in [2.75, 3.05) is 26.9 Å². The lowest BCUT2D eigenvalue weighted by molar-refractivity contribution is 0.0676. The van der Waals surface area contributed by atoms with Crippen molar-refractivity contribution in [3.63, 3.8) is 0 Å². The summed E-state index contributed by atoms with van der Waals surface area (Å²) in [5.74, 6) is 0. The Morgan fingerprint density at radius 3 is 2.93 bits per heavy atom. The van der Waals surface area contributed by atoms with E-state index in [1.807, 2.05) is 10.9 Å². The van der Waals surface area contributed by atoms with Gasteiger partial charge in [-0.05, 0) is 6.42 Å². The fourth-order valence-corrected chi connectivity index (χ4v) is 1.34. The van der Waals surface area contributed by atoms with E-state index in [4.69, 9.17) is 9.47 Å². The van der Waals surface area contributed by atoms with Gasteiger partial charge >= 0.3 is 0 Å². The molecule has 0 unspecified atom stereocenters. The molecule has 0 saturated carbocycles. The van der Waals surface area contributed by atoms with Crippen LogP contribution in [0.3, 0.4) is 0 Å². The molecule has 0 aliphatic carbocycles. The van der Waals surface area contributed by atoms with Gasteiger partial charge in [0.05, 0.1) is 18.9 Å². The lowest BCUT2D eigenvalue weighted by Crippen LogP contribution is -2.06. The normalized spacial score (nSPS) is 10.8. The molecule has 0 radical (unpaired) electrons. The summed E-state index contributed by atoms with van der Waals surface area (Å²) in [7, 11) is 1.67. The Balaban J connectivity index is 2.04. The Bertz CT molecular complexity index is 268. The summed E-state index contributed by atoms with van der Waals surface area (Å²) in [5.41, 5.74) is 0.954. The molecule has 0 amide bonds. The maximum Gasteiger partial charge on any atom is 0.0932 e. The Labute approximate surface area is 97.9 Å². The average Bonchev–Trinajstić information content (AvgIpc) is 2.71. The van der Waals surface area contributed by atoms with E-state index < -0.39 is 0 Å². The monoisotopic (exact) mass is 277 g/mol. The number of ether oxygens (including phenoxy) is 2. The van der Waals surface area contributed by atoms with Crippen LogP contribution < -0.4 is 0 Å². The van der Waals surface area contributed by atoms with Gasteiger partial charge in [0.1, 0.15) is 0 Å². The van der Waals surface area contributed by atoms with E-state index in [1.54, 1.807) is 7.11 Å². The highest BCUT2D eigenvalue weighted by Gasteiger charge is 1.98. The first-order valence-corrected chi connectivity index (χ1v) is 6.00. The quantitative estimate of drug-likeness (QED) is 0.530. The zero-order valence-corrected chi connectivity index (χ0v) is 10.4. The van der Waals surface area contributed by atoms with Crippen molar-refractivity contribution < 1.29 is 9.47 Å². The molecule has 0 N–H and O–H groups in total. The van der Waals surface area contributed by atoms with Crippen molar-refractivity contribution in [1.29, 1.82) is 0 Å². The number of nitrogens with zero attached hydrogens (tertiary/aromatic N) is 3. The van der Waals surface area contributed by atoms with E-state index in [0.29, 0.717) is 13.2 Å². The smallest absolute Gasteiger partial charge is 0.0932 e. The van der Waals surface area contributed by atoms with Gasteiger partial charge in [-0.25, -0.2) is 0 Å². The molecule has 1 heterocycles. The molecule has 15 heavy (non-hydrogen) atoms. The van der Waals surface area contributed by atoms with Crippen LogP contribution >= 0.6 is 15.9 Å². The molecule has 0 atom stereocenters. The second-order valence-electron chi connectivity index (χ2n) is 3.07. The molecule has 0 bridgehead atoms. The van der Waals surface area contributed by atoms with Gasteiger partial charge in [0.25, 0.3) is 0 Å². The first kappa shape index (κ1) is 12.6. The SMILES string of the molecule is COCCOCCCn1cc(CBr)nn1. The number of alkyl halides is 1. The molecule has 0 aliphatic rings. The molecular weight excluding hydrogens is 262 g/mol. The highest BCUT2D eigenvalue weighted by Crippen LogP contribution is 2.00. The van der Waals surface area contributed by atoms with E-state index >= 15 is 0 Å². The molecule has 86 valence electrons. The van der Waals surface area contributed by atoms with Crippen molar-refractivity contribution in [2.24, 2.45) is 0 Å². The molecule has 1 aromatic rings. The largest absolute Gasteiger partial charge is 0.382 e. The van der Waals surface area contributed by atoms with Crippen LogP contribution in [-0.4, -0.2) is 41.9 Å². The van der Waals surface area contributed by atoms with Gasteiger partial charge < -0.3 is 9.47 Å². The fourth-order valence-electron chi connectivity index (χ4n) is 1.08. The van der Waals surface area contributed by atoms with Crippen molar-refractivity contribution in [3.8, 4) is 0 Å². The minimum absolute atomic E-state index is 0.650. The van der Waals surface area contributed by atoms with Crippen LogP contribution in [0, 0.1) is 0 Å². The summed E-state index contributed by atoms with van der Waals surface area (Å²) in [4.78, 5) is 0. The summed E-state index contributed by atoms with van der Waals surface area (Å²) in [6.07, 6.45) is 2.87. The number of aryl methyl sites for hydroxylation is 1. The van der Waals surface area contributed by atoms with Crippen LogP contribution in [0.1, 0.15) is 12.1 Å². The fraction of sp³-hybridized carbons (Fsp3) is 0.778. The zero-order valence-electron chi connectivity index (χ0n) is 8.86. The third-order valence-electron chi connectivity index (χ3n) is 1.83. The standard InChI is InChI=1S/C9H16BrN3O2/c1-14-5-6-15-4-2-3-13-8-9(7-10)11-12-13/h8H,2-7H2,1H3. The number of methoxy groups -OCH3 is 1. The van der Waals surface area contributed by atoms with Gasteiger partial charge in [0.2, 0.25) is 0 Å². The van der Waals surface area contributed by atoms with Gasteiger partial charge in [-0.15, -0.1) is 5.10 Å². The van der Waals surface area contributed by atoms with Crippen LogP contribution in [0.15, 0.2) is 6.20 Å². The van der Waals surface area contributed by atoms with Gasteiger partial charge in [0, 0.05) is 31.8 Å². The molecule has 6 heteroatoms. The molecule has 0 spiro atoms. The summed E-state index contributed by atoms with van der Waals surface area (Å²) in [5, 5.41) is 8.69. The Kier molecular flexibility index (Phi) is 6.54. The number of hydrogen-bond acceptors (Lipinski definition) is 4.